The van der Waals surface area contributed by atoms with Crippen molar-refractivity contribution in [2.75, 3.05) is 5.32 Å². The Morgan fingerprint density at radius 1 is 1.45 bits per heavy atom. The van der Waals surface area contributed by atoms with Crippen molar-refractivity contribution in [1.29, 1.82) is 0 Å². The average Bonchev–Trinajstić information content (AvgIpc) is 2.88. The normalized spacial score (nSPS) is 10.5. The highest BCUT2D eigenvalue weighted by Gasteiger charge is 2.11. The predicted octanol–water partition coefficient (Wildman–Crippen LogP) is -0.754. The number of aromatic nitrogens is 4. The monoisotopic (exact) mass is 297 g/mol. The second-order valence-electron chi connectivity index (χ2n) is 3.90. The molecule has 0 aliphatic heterocycles. The summed E-state index contributed by atoms with van der Waals surface area (Å²) in [4.78, 5) is 37.8. The lowest BCUT2D eigenvalue weighted by molar-refractivity contribution is 0.0691. The van der Waals surface area contributed by atoms with Gasteiger partial charge in [0.05, 0.1) is 6.54 Å². The van der Waals surface area contributed by atoms with Gasteiger partial charge in [0, 0.05) is 19.5 Å². The van der Waals surface area contributed by atoms with E-state index in [1.807, 2.05) is 0 Å². The van der Waals surface area contributed by atoms with Crippen LogP contribution in [-0.4, -0.2) is 30.4 Å². The summed E-state index contributed by atoms with van der Waals surface area (Å²) in [6.45, 7) is 0.151. The number of hydrogen-bond acceptors (Lipinski definition) is 7. The number of thiazole rings is 1. The summed E-state index contributed by atoms with van der Waals surface area (Å²) in [6.07, 6.45) is 0. The summed E-state index contributed by atoms with van der Waals surface area (Å²) in [6, 6.07) is 0. The third-order valence-electron chi connectivity index (χ3n) is 2.50. The van der Waals surface area contributed by atoms with Crippen molar-refractivity contribution in [2.24, 2.45) is 14.1 Å². The van der Waals surface area contributed by atoms with Gasteiger partial charge < -0.3 is 10.4 Å². The smallest absolute Gasteiger partial charge is 0.355 e. The summed E-state index contributed by atoms with van der Waals surface area (Å²) in [5, 5.41) is 17.2. The van der Waals surface area contributed by atoms with E-state index in [-0.39, 0.29) is 18.1 Å². The zero-order valence-electron chi connectivity index (χ0n) is 10.7. The molecule has 0 atom stereocenters. The number of anilines is 1. The Balaban J connectivity index is 2.21. The molecule has 2 heterocycles. The molecule has 0 amide bonds. The topological polar surface area (TPSA) is 119 Å². The Kier molecular flexibility index (Phi) is 3.66. The van der Waals surface area contributed by atoms with E-state index in [2.05, 4.69) is 15.4 Å². The fourth-order valence-corrected chi connectivity index (χ4v) is 2.17. The summed E-state index contributed by atoms with van der Waals surface area (Å²) >= 11 is 1.15. The summed E-state index contributed by atoms with van der Waals surface area (Å²) in [5.74, 6) is -1.11. The Hall–Kier alpha value is -2.49. The lowest BCUT2D eigenvalue weighted by Crippen LogP contribution is -2.39. The highest BCUT2D eigenvalue weighted by Crippen LogP contribution is 2.10. The first-order valence-electron chi connectivity index (χ1n) is 5.46. The average molecular weight is 297 g/mol. The zero-order chi connectivity index (χ0) is 14.9. The van der Waals surface area contributed by atoms with Crippen LogP contribution in [0.15, 0.2) is 15.0 Å². The molecular weight excluding hydrogens is 286 g/mol. The number of aromatic carboxylic acids is 1. The number of carboxylic acid groups (broad SMARTS) is 1. The van der Waals surface area contributed by atoms with Crippen LogP contribution < -0.4 is 16.6 Å². The maximum Gasteiger partial charge on any atom is 0.355 e. The van der Waals surface area contributed by atoms with Gasteiger partial charge >= 0.3 is 11.7 Å². The van der Waals surface area contributed by atoms with E-state index in [9.17, 15) is 14.4 Å². The summed E-state index contributed by atoms with van der Waals surface area (Å²) < 4.78 is 1.97. The van der Waals surface area contributed by atoms with E-state index in [0.29, 0.717) is 5.01 Å². The van der Waals surface area contributed by atoms with Crippen molar-refractivity contribution in [2.45, 2.75) is 6.54 Å². The van der Waals surface area contributed by atoms with Crippen LogP contribution >= 0.6 is 11.3 Å². The maximum atomic E-state index is 11.8. The van der Waals surface area contributed by atoms with Gasteiger partial charge in [-0.3, -0.25) is 9.36 Å². The van der Waals surface area contributed by atoms with E-state index in [1.54, 1.807) is 0 Å². The molecule has 0 fully saturated rings. The van der Waals surface area contributed by atoms with Crippen LogP contribution in [0.1, 0.15) is 15.5 Å². The number of rotatable bonds is 4. The fourth-order valence-electron chi connectivity index (χ4n) is 1.46. The molecule has 2 aromatic heterocycles. The van der Waals surface area contributed by atoms with Crippen molar-refractivity contribution in [3.63, 3.8) is 0 Å². The van der Waals surface area contributed by atoms with E-state index in [0.717, 1.165) is 20.6 Å². The number of carboxylic acids is 1. The molecule has 0 saturated carbocycles. The van der Waals surface area contributed by atoms with Crippen LogP contribution in [-0.2, 0) is 20.6 Å². The SMILES string of the molecule is Cn1nc(NCc2nc(C(=O)O)cs2)c(=O)n(C)c1=O. The molecule has 0 radical (unpaired) electrons. The van der Waals surface area contributed by atoms with Crippen molar-refractivity contribution in [3.8, 4) is 0 Å². The highest BCUT2D eigenvalue weighted by molar-refractivity contribution is 7.09. The summed E-state index contributed by atoms with van der Waals surface area (Å²) in [7, 11) is 2.78. The van der Waals surface area contributed by atoms with Gasteiger partial charge in [-0.15, -0.1) is 16.4 Å². The molecule has 2 N–H and O–H groups in total. The first-order valence-corrected chi connectivity index (χ1v) is 6.34. The van der Waals surface area contributed by atoms with E-state index in [4.69, 9.17) is 5.11 Å². The lowest BCUT2D eigenvalue weighted by atomic mass is 10.5. The molecule has 0 saturated heterocycles. The van der Waals surface area contributed by atoms with Gasteiger partial charge in [0.25, 0.3) is 5.56 Å². The lowest BCUT2D eigenvalue weighted by Gasteiger charge is -2.06. The molecule has 9 nitrogen and oxygen atoms in total. The standard InChI is InChI=1S/C10H11N5O4S/c1-14-8(16)7(13-15(2)10(14)19)11-3-6-12-5(4-20-6)9(17)18/h4H,3H2,1-2H3,(H,11,13)(H,17,18). The van der Waals surface area contributed by atoms with Gasteiger partial charge in [0.2, 0.25) is 5.82 Å². The van der Waals surface area contributed by atoms with Crippen molar-refractivity contribution < 1.29 is 9.90 Å². The molecule has 20 heavy (non-hydrogen) atoms. The number of hydrogen-bond donors (Lipinski definition) is 2. The molecular formula is C10H11N5O4S. The second kappa shape index (κ2) is 5.25. The molecule has 2 rings (SSSR count). The van der Waals surface area contributed by atoms with Crippen LogP contribution in [0, 0.1) is 0 Å². The van der Waals surface area contributed by atoms with Gasteiger partial charge in [-0.2, -0.15) is 0 Å². The predicted molar refractivity (Wildman–Crippen MR) is 71.1 cm³/mol. The van der Waals surface area contributed by atoms with Crippen molar-refractivity contribution in [3.05, 3.63) is 36.9 Å². The molecule has 0 aliphatic rings. The van der Waals surface area contributed by atoms with E-state index < -0.39 is 17.2 Å². The van der Waals surface area contributed by atoms with Crippen molar-refractivity contribution >= 4 is 23.1 Å². The third kappa shape index (κ3) is 2.59. The van der Waals surface area contributed by atoms with Gasteiger partial charge in [0.1, 0.15) is 5.01 Å². The highest BCUT2D eigenvalue weighted by atomic mass is 32.1. The molecule has 0 unspecified atom stereocenters. The number of carbonyl (C=O) groups is 1. The number of nitrogens with zero attached hydrogens (tertiary/aromatic N) is 4. The molecule has 0 aromatic carbocycles. The van der Waals surface area contributed by atoms with Crippen LogP contribution in [0.2, 0.25) is 0 Å². The van der Waals surface area contributed by atoms with E-state index >= 15 is 0 Å². The Bertz CT molecular complexity index is 775. The molecule has 10 heteroatoms. The van der Waals surface area contributed by atoms with E-state index in [1.165, 1.54) is 19.5 Å². The van der Waals surface area contributed by atoms with Gasteiger partial charge in [-0.1, -0.05) is 0 Å². The second-order valence-corrected chi connectivity index (χ2v) is 4.85. The van der Waals surface area contributed by atoms with Crippen LogP contribution in [0.25, 0.3) is 0 Å². The van der Waals surface area contributed by atoms with Gasteiger partial charge in [-0.25, -0.2) is 19.3 Å². The molecule has 0 spiro atoms. The Morgan fingerprint density at radius 2 is 2.15 bits per heavy atom. The molecule has 0 bridgehead atoms. The van der Waals surface area contributed by atoms with Crippen LogP contribution in [0.5, 0.6) is 0 Å². The van der Waals surface area contributed by atoms with Gasteiger partial charge in [0.15, 0.2) is 5.69 Å². The first-order chi connectivity index (χ1) is 9.40. The largest absolute Gasteiger partial charge is 0.476 e. The Labute approximate surface area is 116 Å². The van der Waals surface area contributed by atoms with Gasteiger partial charge in [-0.05, 0) is 0 Å². The quantitative estimate of drug-likeness (QED) is 0.761. The fraction of sp³-hybridized carbons (Fsp3) is 0.300. The summed E-state index contributed by atoms with van der Waals surface area (Å²) in [5.41, 5.74) is -1.13. The zero-order valence-corrected chi connectivity index (χ0v) is 11.5. The van der Waals surface area contributed by atoms with Crippen molar-refractivity contribution in [1.82, 2.24) is 19.3 Å². The number of nitrogens with one attached hydrogen (secondary N) is 1. The first kappa shape index (κ1) is 13.9. The van der Waals surface area contributed by atoms with Crippen LogP contribution in [0.3, 0.4) is 0 Å². The van der Waals surface area contributed by atoms with Crippen LogP contribution in [0.4, 0.5) is 5.82 Å². The molecule has 2 aromatic rings. The minimum absolute atomic E-state index is 0.00155. The maximum absolute atomic E-state index is 11.8. The molecule has 106 valence electrons. The molecule has 0 aliphatic carbocycles. The number of aryl methyl sites for hydroxylation is 1. The minimum Gasteiger partial charge on any atom is -0.476 e. The Morgan fingerprint density at radius 3 is 2.75 bits per heavy atom. The minimum atomic E-state index is -1.11. The third-order valence-corrected chi connectivity index (χ3v) is 3.35.